The van der Waals surface area contributed by atoms with Gasteiger partial charge >= 0.3 is 0 Å². The molecule has 3 rings (SSSR count). The summed E-state index contributed by atoms with van der Waals surface area (Å²) in [6.45, 7) is 8.40. The van der Waals surface area contributed by atoms with Crippen molar-refractivity contribution >= 4 is 11.3 Å². The Hall–Kier alpha value is -2.53. The molecule has 0 aliphatic carbocycles. The summed E-state index contributed by atoms with van der Waals surface area (Å²) in [6, 6.07) is 10.8. The first-order valence-electron chi connectivity index (χ1n) is 9.62. The molecule has 0 aliphatic heterocycles. The van der Waals surface area contributed by atoms with Gasteiger partial charge in [-0.3, -0.25) is 10.1 Å². The molecule has 28 heavy (non-hydrogen) atoms. The van der Waals surface area contributed by atoms with Crippen LogP contribution < -0.4 is 0 Å². The molecule has 2 aromatic carbocycles. The third kappa shape index (κ3) is 4.65. The largest absolute Gasteiger partial charge is 0.265 e. The molecule has 0 unspecified atom stereocenters. The minimum atomic E-state index is -0.247. The average molecular weight is 395 g/mol. The number of hydrogen-bond donors (Lipinski definition) is 0. The van der Waals surface area contributed by atoms with Crippen LogP contribution in [-0.4, -0.2) is 16.5 Å². The summed E-state index contributed by atoms with van der Waals surface area (Å²) in [7, 11) is 0. The lowest BCUT2D eigenvalue weighted by atomic mass is 9.93. The number of aryl methyl sites for hydroxylation is 4. The van der Waals surface area contributed by atoms with E-state index < -0.39 is 0 Å². The van der Waals surface area contributed by atoms with E-state index in [1.165, 1.54) is 27.8 Å². The van der Waals surface area contributed by atoms with E-state index in [0.717, 1.165) is 34.7 Å². The molecule has 5 heteroatoms. The highest BCUT2D eigenvalue weighted by Gasteiger charge is 2.12. The van der Waals surface area contributed by atoms with Crippen molar-refractivity contribution < 1.29 is 4.92 Å². The first kappa shape index (κ1) is 20.2. The van der Waals surface area contributed by atoms with Crippen molar-refractivity contribution in [3.63, 3.8) is 0 Å². The molecule has 0 aliphatic rings. The second kappa shape index (κ2) is 8.65. The summed E-state index contributed by atoms with van der Waals surface area (Å²) in [6.07, 6.45) is 2.19. The van der Waals surface area contributed by atoms with E-state index in [1.54, 1.807) is 11.3 Å². The van der Waals surface area contributed by atoms with Gasteiger partial charge in [-0.15, -0.1) is 11.3 Å². The third-order valence-electron chi connectivity index (χ3n) is 5.28. The van der Waals surface area contributed by atoms with E-state index in [0.29, 0.717) is 6.42 Å². The molecule has 0 saturated carbocycles. The highest BCUT2D eigenvalue weighted by Crippen LogP contribution is 2.28. The van der Waals surface area contributed by atoms with Crippen molar-refractivity contribution in [1.29, 1.82) is 0 Å². The maximum atomic E-state index is 10.7. The van der Waals surface area contributed by atoms with Crippen molar-refractivity contribution in [1.82, 2.24) is 4.98 Å². The fourth-order valence-corrected chi connectivity index (χ4v) is 4.25. The normalized spacial score (nSPS) is 11.0. The van der Waals surface area contributed by atoms with Gasteiger partial charge in [-0.2, -0.15) is 0 Å². The number of nitrogens with zero attached hydrogens (tertiary/aromatic N) is 2. The monoisotopic (exact) mass is 394 g/mol. The Kier molecular flexibility index (Phi) is 6.25. The molecule has 0 amide bonds. The maximum absolute atomic E-state index is 10.7. The van der Waals surface area contributed by atoms with Crippen LogP contribution in [0.3, 0.4) is 0 Å². The number of aromatic nitrogens is 1. The molecule has 1 aromatic heterocycles. The minimum absolute atomic E-state index is 0.0191. The van der Waals surface area contributed by atoms with E-state index in [9.17, 15) is 10.1 Å². The Balaban J connectivity index is 1.83. The Morgan fingerprint density at radius 1 is 1.00 bits per heavy atom. The van der Waals surface area contributed by atoms with Crippen LogP contribution in [0.15, 0.2) is 35.7 Å². The van der Waals surface area contributed by atoms with Gasteiger partial charge in [0, 0.05) is 28.7 Å². The lowest BCUT2D eigenvalue weighted by Gasteiger charge is -2.12. The molecule has 0 atom stereocenters. The van der Waals surface area contributed by atoms with Gasteiger partial charge in [-0.25, -0.2) is 4.98 Å². The van der Waals surface area contributed by atoms with Gasteiger partial charge in [-0.05, 0) is 66.6 Å². The van der Waals surface area contributed by atoms with Gasteiger partial charge in [-0.1, -0.05) is 31.2 Å². The quantitative estimate of drug-likeness (QED) is 0.381. The van der Waals surface area contributed by atoms with E-state index in [1.807, 2.05) is 6.92 Å². The highest BCUT2D eigenvalue weighted by molar-refractivity contribution is 7.13. The Morgan fingerprint density at radius 2 is 1.79 bits per heavy atom. The Bertz CT molecular complexity index is 1010. The first-order valence-corrected chi connectivity index (χ1v) is 10.5. The summed E-state index contributed by atoms with van der Waals surface area (Å²) in [5, 5.41) is 13.9. The molecule has 0 N–H and O–H groups in total. The molecule has 0 bridgehead atoms. The van der Waals surface area contributed by atoms with Crippen LogP contribution in [0.2, 0.25) is 0 Å². The molecule has 0 spiro atoms. The van der Waals surface area contributed by atoms with Crippen molar-refractivity contribution in [3.05, 3.63) is 84.9 Å². The molecule has 4 nitrogen and oxygen atoms in total. The molecule has 0 fully saturated rings. The fourth-order valence-electron chi connectivity index (χ4n) is 3.43. The van der Waals surface area contributed by atoms with Crippen LogP contribution in [0.25, 0.3) is 10.6 Å². The van der Waals surface area contributed by atoms with E-state index >= 15 is 0 Å². The topological polar surface area (TPSA) is 56.0 Å². The van der Waals surface area contributed by atoms with Gasteiger partial charge in [0.05, 0.1) is 5.69 Å². The minimum Gasteiger partial charge on any atom is -0.265 e. The van der Waals surface area contributed by atoms with Crippen molar-refractivity contribution in [2.75, 3.05) is 6.54 Å². The van der Waals surface area contributed by atoms with Crippen LogP contribution in [0.5, 0.6) is 0 Å². The van der Waals surface area contributed by atoms with Gasteiger partial charge in [0.2, 0.25) is 6.54 Å². The Labute approximate surface area is 170 Å². The molecule has 3 aromatic rings. The molecule has 0 radical (unpaired) electrons. The molecule has 0 saturated heterocycles. The van der Waals surface area contributed by atoms with Crippen LogP contribution in [-0.2, 0) is 19.3 Å². The fraction of sp³-hybridized carbons (Fsp3) is 0.348. The summed E-state index contributed by atoms with van der Waals surface area (Å²) >= 11 is 1.68. The molecular weight excluding hydrogens is 368 g/mol. The Morgan fingerprint density at radius 3 is 2.46 bits per heavy atom. The SMILES string of the molecule is CCc1cc(CC[N+](=O)[O-])c(C)cc1Cc1csc(-c2ccc(C)c(C)c2)n1. The summed E-state index contributed by atoms with van der Waals surface area (Å²) < 4.78 is 0. The number of nitro groups is 1. The number of hydrogen-bond acceptors (Lipinski definition) is 4. The molecule has 146 valence electrons. The number of rotatable bonds is 7. The van der Waals surface area contributed by atoms with E-state index in [4.69, 9.17) is 4.98 Å². The summed E-state index contributed by atoms with van der Waals surface area (Å²) in [4.78, 5) is 15.3. The highest BCUT2D eigenvalue weighted by atomic mass is 32.1. The van der Waals surface area contributed by atoms with Crippen molar-refractivity contribution in [2.24, 2.45) is 0 Å². The lowest BCUT2D eigenvalue weighted by Crippen LogP contribution is -2.07. The van der Waals surface area contributed by atoms with Gasteiger partial charge in [0.1, 0.15) is 5.01 Å². The van der Waals surface area contributed by atoms with Gasteiger partial charge in [0.15, 0.2) is 0 Å². The van der Waals surface area contributed by atoms with E-state index in [2.05, 4.69) is 56.5 Å². The predicted octanol–water partition coefficient (Wildman–Crippen LogP) is 5.71. The molecule has 1 heterocycles. The van der Waals surface area contributed by atoms with Gasteiger partial charge < -0.3 is 0 Å². The zero-order valence-electron chi connectivity index (χ0n) is 16.9. The zero-order chi connectivity index (χ0) is 20.3. The van der Waals surface area contributed by atoms with Crippen LogP contribution >= 0.6 is 11.3 Å². The summed E-state index contributed by atoms with van der Waals surface area (Å²) in [5.74, 6) is 0. The maximum Gasteiger partial charge on any atom is 0.207 e. The van der Waals surface area contributed by atoms with Crippen molar-refractivity contribution in [3.8, 4) is 10.6 Å². The van der Waals surface area contributed by atoms with Crippen LogP contribution in [0.4, 0.5) is 0 Å². The lowest BCUT2D eigenvalue weighted by molar-refractivity contribution is -0.479. The number of benzene rings is 2. The standard InChI is InChI=1S/C23H26N2O2S/c1-5-18-12-19(8-9-25(26)27)17(4)11-21(18)13-22-14-28-23(24-22)20-7-6-15(2)16(3)10-20/h6-7,10-12,14H,5,8-9,13H2,1-4H3. The average Bonchev–Trinajstić information content (AvgIpc) is 3.11. The van der Waals surface area contributed by atoms with E-state index in [-0.39, 0.29) is 11.5 Å². The summed E-state index contributed by atoms with van der Waals surface area (Å²) in [5.41, 5.74) is 9.53. The first-order chi connectivity index (χ1) is 13.4. The van der Waals surface area contributed by atoms with Gasteiger partial charge in [0.25, 0.3) is 0 Å². The van der Waals surface area contributed by atoms with Crippen LogP contribution in [0.1, 0.15) is 46.0 Å². The predicted molar refractivity (Wildman–Crippen MR) is 116 cm³/mol. The molecular formula is C23H26N2O2S. The smallest absolute Gasteiger partial charge is 0.207 e. The van der Waals surface area contributed by atoms with Crippen molar-refractivity contribution in [2.45, 2.75) is 47.0 Å². The zero-order valence-corrected chi connectivity index (χ0v) is 17.7. The van der Waals surface area contributed by atoms with Crippen LogP contribution in [0, 0.1) is 30.9 Å². The number of thiazole rings is 1. The third-order valence-corrected chi connectivity index (χ3v) is 6.22. The second-order valence-electron chi connectivity index (χ2n) is 7.33. The second-order valence-corrected chi connectivity index (χ2v) is 8.19.